The first-order valence-electron chi connectivity index (χ1n) is 5.58. The van der Waals surface area contributed by atoms with Gasteiger partial charge in [-0.15, -0.1) is 0 Å². The summed E-state index contributed by atoms with van der Waals surface area (Å²) in [6.45, 7) is 0.279. The van der Waals surface area contributed by atoms with Crippen molar-refractivity contribution in [3.8, 4) is 0 Å². The molecule has 1 N–H and O–H groups in total. The molecule has 2 aromatic carbocycles. The van der Waals surface area contributed by atoms with E-state index in [0.29, 0.717) is 12.0 Å². The van der Waals surface area contributed by atoms with Gasteiger partial charge in [0.15, 0.2) is 0 Å². The van der Waals surface area contributed by atoms with Crippen molar-refractivity contribution in [3.63, 3.8) is 0 Å². The molecule has 0 saturated carbocycles. The summed E-state index contributed by atoms with van der Waals surface area (Å²) in [5, 5.41) is 10.5. The molecule has 0 atom stereocenters. The zero-order chi connectivity index (χ0) is 12.1. The molecule has 0 fully saturated rings. The molecule has 0 aliphatic carbocycles. The minimum absolute atomic E-state index is 0. The number of ether oxygens (including phenoxy) is 1. The molecule has 0 spiro atoms. The molecule has 90 valence electrons. The number of rotatable bonds is 4. The number of aliphatic hydroxyl groups excluding tert-OH is 1. The second-order valence-electron chi connectivity index (χ2n) is 3.74. The first kappa shape index (κ1) is 15.2. The normalized spacial score (nSPS) is 9.83. The monoisotopic (exact) mass is 254 g/mol. The molecule has 0 unspecified atom stereocenters. The Balaban J connectivity index is 0.00000162. The van der Waals surface area contributed by atoms with Crippen molar-refractivity contribution in [1.82, 2.24) is 0 Å². The van der Waals surface area contributed by atoms with Crippen LogP contribution in [0.5, 0.6) is 0 Å². The fourth-order valence-electron chi connectivity index (χ4n) is 1.71. The van der Waals surface area contributed by atoms with Crippen LogP contribution in [0.1, 0.15) is 18.2 Å². The van der Waals surface area contributed by atoms with Gasteiger partial charge in [-0.3, -0.25) is 0 Å². The Bertz CT molecular complexity index is 526. The van der Waals surface area contributed by atoms with Crippen LogP contribution in [0.25, 0.3) is 10.8 Å². The summed E-state index contributed by atoms with van der Waals surface area (Å²) in [6.07, 6.45) is 0.469. The fourth-order valence-corrected chi connectivity index (χ4v) is 1.71. The predicted molar refractivity (Wildman–Crippen MR) is 67.0 cm³/mol. The van der Waals surface area contributed by atoms with Crippen LogP contribution in [0, 0.1) is 0 Å². The summed E-state index contributed by atoms with van der Waals surface area (Å²) in [7, 11) is 0. The minimum Gasteiger partial charge on any atom is -1.00 e. The van der Waals surface area contributed by atoms with Crippen LogP contribution >= 0.6 is 0 Å². The molecular formula is C14H15NaO3. The Morgan fingerprint density at radius 3 is 2.67 bits per heavy atom. The third kappa shape index (κ3) is 3.56. The molecule has 4 heteroatoms. The van der Waals surface area contributed by atoms with E-state index < -0.39 is 0 Å². The van der Waals surface area contributed by atoms with Gasteiger partial charge in [0.05, 0.1) is 12.2 Å². The Kier molecular flexibility index (Phi) is 6.36. The Labute approximate surface area is 130 Å². The Morgan fingerprint density at radius 1 is 1.17 bits per heavy atom. The van der Waals surface area contributed by atoms with E-state index in [2.05, 4.69) is 0 Å². The smallest absolute Gasteiger partial charge is 1.00 e. The third-order valence-electron chi connectivity index (χ3n) is 2.55. The van der Waals surface area contributed by atoms with Crippen molar-refractivity contribution in [3.05, 3.63) is 48.0 Å². The SMILES string of the molecule is O=C(OCCCO)c1cccc2ccccc12.[H-].[Na+]. The maximum Gasteiger partial charge on any atom is 1.00 e. The Morgan fingerprint density at radius 2 is 1.89 bits per heavy atom. The topological polar surface area (TPSA) is 46.5 Å². The van der Waals surface area contributed by atoms with E-state index in [4.69, 9.17) is 9.84 Å². The van der Waals surface area contributed by atoms with E-state index in [-0.39, 0.29) is 50.2 Å². The van der Waals surface area contributed by atoms with E-state index in [9.17, 15) is 4.79 Å². The van der Waals surface area contributed by atoms with Gasteiger partial charge in [-0.05, 0) is 16.8 Å². The number of hydrogen-bond acceptors (Lipinski definition) is 3. The minimum atomic E-state index is -0.338. The number of carbonyl (C=O) groups excluding carboxylic acids is 1. The maximum atomic E-state index is 11.8. The summed E-state index contributed by atoms with van der Waals surface area (Å²) in [5.41, 5.74) is 0.570. The zero-order valence-corrected chi connectivity index (χ0v) is 12.4. The van der Waals surface area contributed by atoms with Gasteiger partial charge in [0.2, 0.25) is 0 Å². The molecule has 0 radical (unpaired) electrons. The largest absolute Gasteiger partial charge is 1.00 e. The number of aliphatic hydroxyl groups is 1. The number of fused-ring (bicyclic) bond motifs is 1. The first-order valence-corrected chi connectivity index (χ1v) is 5.58. The maximum absolute atomic E-state index is 11.8. The number of benzene rings is 2. The Hall–Kier alpha value is -0.870. The quantitative estimate of drug-likeness (QED) is 0.454. The van der Waals surface area contributed by atoms with Crippen molar-refractivity contribution >= 4 is 16.7 Å². The molecule has 0 aromatic heterocycles. The second-order valence-corrected chi connectivity index (χ2v) is 3.74. The van der Waals surface area contributed by atoms with Crippen molar-refractivity contribution in [2.24, 2.45) is 0 Å². The van der Waals surface area contributed by atoms with Crippen molar-refractivity contribution < 1.29 is 45.6 Å². The van der Waals surface area contributed by atoms with E-state index >= 15 is 0 Å². The molecular weight excluding hydrogens is 239 g/mol. The zero-order valence-electron chi connectivity index (χ0n) is 11.4. The van der Waals surface area contributed by atoms with Gasteiger partial charge in [0.25, 0.3) is 0 Å². The van der Waals surface area contributed by atoms with Crippen molar-refractivity contribution in [1.29, 1.82) is 0 Å². The molecule has 18 heavy (non-hydrogen) atoms. The first-order chi connectivity index (χ1) is 8.33. The summed E-state index contributed by atoms with van der Waals surface area (Å²) in [5.74, 6) is -0.338. The number of carbonyl (C=O) groups is 1. The van der Waals surface area contributed by atoms with Gasteiger partial charge in [-0.2, -0.15) is 0 Å². The summed E-state index contributed by atoms with van der Waals surface area (Å²) in [4.78, 5) is 11.8. The van der Waals surface area contributed by atoms with Crippen LogP contribution in [0.3, 0.4) is 0 Å². The third-order valence-corrected chi connectivity index (χ3v) is 2.55. The van der Waals surface area contributed by atoms with Crippen LogP contribution in [-0.4, -0.2) is 24.3 Å². The summed E-state index contributed by atoms with van der Waals surface area (Å²) < 4.78 is 5.08. The van der Waals surface area contributed by atoms with Crippen LogP contribution in [0.4, 0.5) is 0 Å². The molecule has 2 aromatic rings. The molecule has 0 aliphatic rings. The van der Waals surface area contributed by atoms with Gasteiger partial charge in [-0.25, -0.2) is 4.79 Å². The van der Waals surface area contributed by atoms with Gasteiger partial charge in [0.1, 0.15) is 0 Å². The van der Waals surface area contributed by atoms with Crippen LogP contribution < -0.4 is 29.6 Å². The van der Waals surface area contributed by atoms with Crippen molar-refractivity contribution in [2.45, 2.75) is 6.42 Å². The molecule has 3 nitrogen and oxygen atoms in total. The summed E-state index contributed by atoms with van der Waals surface area (Å²) in [6, 6.07) is 13.2. The van der Waals surface area contributed by atoms with Gasteiger partial charge < -0.3 is 11.3 Å². The summed E-state index contributed by atoms with van der Waals surface area (Å²) >= 11 is 0. The van der Waals surface area contributed by atoms with Crippen LogP contribution in [0.15, 0.2) is 42.5 Å². The van der Waals surface area contributed by atoms with Gasteiger partial charge >= 0.3 is 35.5 Å². The van der Waals surface area contributed by atoms with E-state index in [1.54, 1.807) is 6.07 Å². The molecule has 0 bridgehead atoms. The van der Waals surface area contributed by atoms with E-state index in [1.165, 1.54) is 0 Å². The molecule has 0 aliphatic heterocycles. The molecule has 0 heterocycles. The standard InChI is InChI=1S/C14H14O3.Na.H/c15-9-4-10-17-14(16)13-8-3-6-11-5-1-2-7-12(11)13;;/h1-3,5-8,15H,4,9-10H2;;/q;+1;-1. The van der Waals surface area contributed by atoms with Crippen molar-refractivity contribution in [2.75, 3.05) is 13.2 Å². The van der Waals surface area contributed by atoms with Crippen LogP contribution in [0.2, 0.25) is 0 Å². The predicted octanol–water partition coefficient (Wildman–Crippen LogP) is -0.505. The fraction of sp³-hybridized carbons (Fsp3) is 0.214. The van der Waals surface area contributed by atoms with Gasteiger partial charge in [0, 0.05) is 13.0 Å². The number of hydrogen-bond donors (Lipinski definition) is 1. The second kappa shape index (κ2) is 7.54. The average Bonchev–Trinajstić information content (AvgIpc) is 2.38. The van der Waals surface area contributed by atoms with Gasteiger partial charge in [-0.1, -0.05) is 36.4 Å². The molecule has 0 amide bonds. The van der Waals surface area contributed by atoms with E-state index in [1.807, 2.05) is 36.4 Å². The van der Waals surface area contributed by atoms with E-state index in [0.717, 1.165) is 10.8 Å². The average molecular weight is 254 g/mol. The van der Waals surface area contributed by atoms with Crippen LogP contribution in [-0.2, 0) is 4.74 Å². The number of esters is 1. The molecule has 2 rings (SSSR count). The molecule has 0 saturated heterocycles.